The number of hydrogen-bond acceptors (Lipinski definition) is 11. The third-order valence-corrected chi connectivity index (χ3v) is 10.5. The standard InChI is InChI=1S/C40H52ClN5O10S/c1-27(2)24-35(40(52)46(22-20-42)57(53,54)23-9-13-36(43)48)56-38(50)19-21-44-39(51)32(26-30-17-18-34(55-4)31(41)25-30)45-37(49)14-8-12-33(47)28(3)15-16-29-10-6-5-7-11-29/h5-8,10-11,14-18,25,27-28,32-33,35,47H,9,12-13,19,21-24,26H2,1-4H3,(H2,43,48)(H,44,51)(H,45,49)/b14-8+,16-15+/t28-,32-,33+,35+/m1/s1. The van der Waals surface area contributed by atoms with Crippen LogP contribution in [0.5, 0.6) is 5.75 Å². The number of primary amides is 1. The Hall–Kier alpha value is -5.24. The van der Waals surface area contributed by atoms with Gasteiger partial charge in [-0.25, -0.2) is 12.7 Å². The van der Waals surface area contributed by atoms with Crippen molar-refractivity contribution >= 4 is 57.3 Å². The van der Waals surface area contributed by atoms with Crippen molar-refractivity contribution < 1.29 is 47.0 Å². The number of rotatable bonds is 24. The summed E-state index contributed by atoms with van der Waals surface area (Å²) in [5.74, 6) is -4.75. The summed E-state index contributed by atoms with van der Waals surface area (Å²) < 4.78 is 36.8. The van der Waals surface area contributed by atoms with Crippen molar-refractivity contribution in [2.75, 3.05) is 26.0 Å². The maximum atomic E-state index is 13.4. The van der Waals surface area contributed by atoms with Crippen molar-refractivity contribution in [1.29, 1.82) is 5.26 Å². The van der Waals surface area contributed by atoms with Crippen LogP contribution in [-0.2, 0) is 45.2 Å². The third kappa shape index (κ3) is 17.6. The van der Waals surface area contributed by atoms with Gasteiger partial charge in [0, 0.05) is 25.3 Å². The number of halogens is 1. The molecule has 0 fully saturated rings. The van der Waals surface area contributed by atoms with Gasteiger partial charge in [0.15, 0.2) is 6.10 Å². The predicted molar refractivity (Wildman–Crippen MR) is 215 cm³/mol. The van der Waals surface area contributed by atoms with Gasteiger partial charge in [0.2, 0.25) is 27.7 Å². The summed E-state index contributed by atoms with van der Waals surface area (Å²) in [6.07, 6.45) is 3.38. The molecule has 5 N–H and O–H groups in total. The minimum Gasteiger partial charge on any atom is -0.495 e. The second kappa shape index (κ2) is 24.4. The highest BCUT2D eigenvalue weighted by Gasteiger charge is 2.35. The van der Waals surface area contributed by atoms with Gasteiger partial charge in [0.25, 0.3) is 5.91 Å². The van der Waals surface area contributed by atoms with Crippen LogP contribution in [0.25, 0.3) is 6.08 Å². The monoisotopic (exact) mass is 829 g/mol. The van der Waals surface area contributed by atoms with Gasteiger partial charge in [0.05, 0.1) is 36.5 Å². The summed E-state index contributed by atoms with van der Waals surface area (Å²) in [7, 11) is -2.92. The van der Waals surface area contributed by atoms with Crippen LogP contribution in [0.3, 0.4) is 0 Å². The number of nitrogens with two attached hydrogens (primary N) is 1. The zero-order chi connectivity index (χ0) is 42.5. The van der Waals surface area contributed by atoms with Crippen LogP contribution in [0.1, 0.15) is 64.0 Å². The number of aliphatic hydroxyl groups is 1. The van der Waals surface area contributed by atoms with E-state index in [1.54, 1.807) is 38.1 Å². The van der Waals surface area contributed by atoms with Gasteiger partial charge >= 0.3 is 5.97 Å². The number of hydrogen-bond donors (Lipinski definition) is 4. The lowest BCUT2D eigenvalue weighted by atomic mass is 10.00. The van der Waals surface area contributed by atoms with E-state index in [1.165, 1.54) is 19.3 Å². The fourth-order valence-electron chi connectivity index (χ4n) is 5.32. The number of ether oxygens (including phenoxy) is 2. The minimum absolute atomic E-state index is 0.00286. The molecule has 0 saturated heterocycles. The SMILES string of the molecule is COc1ccc(C[C@@H](NC(=O)/C=C/C[C@H](O)[C@H](C)/C=C/c2ccccc2)C(=O)NCCC(=O)O[C@@H](CC(C)C)C(=O)N(CC#N)S(=O)(=O)CCCC(N)=O)cc1Cl. The van der Waals surface area contributed by atoms with Gasteiger partial charge < -0.3 is 30.9 Å². The van der Waals surface area contributed by atoms with Crippen molar-refractivity contribution in [3.8, 4) is 11.8 Å². The van der Waals surface area contributed by atoms with Gasteiger partial charge in [-0.1, -0.05) is 87.0 Å². The molecule has 0 radical (unpaired) electrons. The second-order valence-corrected chi connectivity index (χ2v) is 16.0. The first-order chi connectivity index (χ1) is 27.0. The summed E-state index contributed by atoms with van der Waals surface area (Å²) in [5.41, 5.74) is 6.66. The molecule has 0 spiro atoms. The fourth-order valence-corrected chi connectivity index (χ4v) is 6.98. The Bertz CT molecular complexity index is 1880. The van der Waals surface area contributed by atoms with Crippen molar-refractivity contribution in [1.82, 2.24) is 14.9 Å². The van der Waals surface area contributed by atoms with Crippen LogP contribution in [0.15, 0.2) is 66.8 Å². The van der Waals surface area contributed by atoms with E-state index in [2.05, 4.69) is 10.6 Å². The van der Waals surface area contributed by atoms with Crippen molar-refractivity contribution in [3.05, 3.63) is 82.9 Å². The molecule has 2 rings (SSSR count). The van der Waals surface area contributed by atoms with Gasteiger partial charge in [-0.05, 0) is 54.5 Å². The number of carbonyl (C=O) groups is 5. The van der Waals surface area contributed by atoms with E-state index in [1.807, 2.05) is 49.4 Å². The maximum absolute atomic E-state index is 13.4. The maximum Gasteiger partial charge on any atom is 0.308 e. The molecule has 0 bridgehead atoms. The van der Waals surface area contributed by atoms with E-state index < -0.39 is 76.6 Å². The third-order valence-electron chi connectivity index (χ3n) is 8.42. The first-order valence-corrected chi connectivity index (χ1v) is 20.3. The molecule has 2 aromatic carbocycles. The average molecular weight is 830 g/mol. The minimum atomic E-state index is -4.37. The Morgan fingerprint density at radius 1 is 1.07 bits per heavy atom. The number of carbonyl (C=O) groups excluding carboxylic acids is 5. The molecule has 0 heterocycles. The summed E-state index contributed by atoms with van der Waals surface area (Å²) in [6, 6.07) is 15.0. The van der Waals surface area contributed by atoms with Crippen molar-refractivity contribution in [2.24, 2.45) is 17.6 Å². The average Bonchev–Trinajstić information content (AvgIpc) is 3.15. The van der Waals surface area contributed by atoms with Gasteiger partial charge in [0.1, 0.15) is 18.3 Å². The number of nitriles is 1. The summed E-state index contributed by atoms with van der Waals surface area (Å²) in [5, 5.41) is 25.4. The van der Waals surface area contributed by atoms with E-state index in [0.717, 1.165) is 5.56 Å². The van der Waals surface area contributed by atoms with E-state index in [0.29, 0.717) is 15.6 Å². The normalized spacial score (nSPS) is 13.6. The molecular weight excluding hydrogens is 778 g/mol. The number of benzene rings is 2. The second-order valence-electron chi connectivity index (χ2n) is 13.6. The number of esters is 1. The molecule has 57 heavy (non-hydrogen) atoms. The number of amides is 4. The molecule has 0 aliphatic rings. The number of nitrogens with one attached hydrogen (secondary N) is 2. The van der Waals surface area contributed by atoms with Crippen LogP contribution in [0.4, 0.5) is 0 Å². The van der Waals surface area contributed by atoms with Gasteiger partial charge in [-0.3, -0.25) is 24.0 Å². The quantitative estimate of drug-likeness (QED) is 0.0680. The highest BCUT2D eigenvalue weighted by atomic mass is 35.5. The van der Waals surface area contributed by atoms with E-state index in [-0.39, 0.29) is 55.5 Å². The van der Waals surface area contributed by atoms with Crippen LogP contribution in [0, 0.1) is 23.2 Å². The Balaban J connectivity index is 2.11. The highest BCUT2D eigenvalue weighted by Crippen LogP contribution is 2.25. The molecule has 15 nitrogen and oxygen atoms in total. The lowest BCUT2D eigenvalue weighted by Crippen LogP contribution is -2.48. The molecule has 0 unspecified atom stereocenters. The topological polar surface area (TPSA) is 235 Å². The highest BCUT2D eigenvalue weighted by molar-refractivity contribution is 7.89. The fraction of sp³-hybridized carbons (Fsp3) is 0.450. The number of nitrogens with zero attached hydrogens (tertiary/aromatic N) is 2. The summed E-state index contributed by atoms with van der Waals surface area (Å²) >= 11 is 6.29. The Morgan fingerprint density at radius 3 is 2.39 bits per heavy atom. The number of sulfonamides is 1. The molecule has 4 atom stereocenters. The zero-order valence-electron chi connectivity index (χ0n) is 32.6. The van der Waals surface area contributed by atoms with Gasteiger partial charge in [-0.2, -0.15) is 5.26 Å². The Kier molecular flexibility index (Phi) is 20.5. The van der Waals surface area contributed by atoms with Crippen LogP contribution < -0.4 is 21.1 Å². The molecule has 4 amide bonds. The summed E-state index contributed by atoms with van der Waals surface area (Å²) in [6.45, 7) is 4.17. The van der Waals surface area contributed by atoms with Crippen molar-refractivity contribution in [3.63, 3.8) is 0 Å². The van der Waals surface area contributed by atoms with E-state index >= 15 is 0 Å². The van der Waals surface area contributed by atoms with Crippen LogP contribution >= 0.6 is 11.6 Å². The Morgan fingerprint density at radius 2 is 1.77 bits per heavy atom. The number of aliphatic hydroxyl groups excluding tert-OH is 1. The zero-order valence-corrected chi connectivity index (χ0v) is 34.1. The molecule has 2 aromatic rings. The molecule has 17 heteroatoms. The first kappa shape index (κ1) is 47.9. The summed E-state index contributed by atoms with van der Waals surface area (Å²) in [4.78, 5) is 63.8. The molecular formula is C40H52ClN5O10S. The molecule has 0 aliphatic heterocycles. The number of methoxy groups -OCH3 is 1. The largest absolute Gasteiger partial charge is 0.495 e. The molecule has 310 valence electrons. The van der Waals surface area contributed by atoms with E-state index in [4.69, 9.17) is 26.8 Å². The first-order valence-electron chi connectivity index (χ1n) is 18.3. The smallest absolute Gasteiger partial charge is 0.308 e. The molecule has 0 aliphatic carbocycles. The molecule has 0 saturated carbocycles. The Labute approximate surface area is 339 Å². The van der Waals surface area contributed by atoms with Crippen LogP contribution in [0.2, 0.25) is 5.02 Å². The van der Waals surface area contributed by atoms with E-state index in [9.17, 15) is 42.8 Å². The van der Waals surface area contributed by atoms with Gasteiger partial charge in [-0.15, -0.1) is 0 Å². The van der Waals surface area contributed by atoms with Crippen molar-refractivity contribution in [2.45, 2.75) is 77.5 Å². The lowest BCUT2D eigenvalue weighted by Gasteiger charge is -2.26. The molecule has 0 aromatic heterocycles. The predicted octanol–water partition coefficient (Wildman–Crippen LogP) is 3.44. The lowest BCUT2D eigenvalue weighted by molar-refractivity contribution is -0.159. The van der Waals surface area contributed by atoms with Crippen LogP contribution in [-0.4, -0.2) is 91.6 Å².